The summed E-state index contributed by atoms with van der Waals surface area (Å²) in [6.07, 6.45) is 1.22. The van der Waals surface area contributed by atoms with E-state index in [1.165, 1.54) is 6.42 Å². The normalized spacial score (nSPS) is 13.4. The molecule has 0 fully saturated rings. The first-order valence-corrected chi connectivity index (χ1v) is 5.98. The van der Waals surface area contributed by atoms with Crippen molar-refractivity contribution in [2.75, 3.05) is 40.0 Å². The van der Waals surface area contributed by atoms with E-state index < -0.39 is 0 Å². The van der Waals surface area contributed by atoms with E-state index in [9.17, 15) is 0 Å². The first-order chi connectivity index (χ1) is 7.20. The Morgan fingerprint density at radius 1 is 1.27 bits per heavy atom. The standard InChI is InChI=1S/C12H27NO2/c1-5-15-10-12(8-11(2)3)9-13-6-7-14-4/h11-13H,5-10H2,1-4H3. The highest BCUT2D eigenvalue weighted by atomic mass is 16.5. The van der Waals surface area contributed by atoms with Gasteiger partial charge < -0.3 is 14.8 Å². The van der Waals surface area contributed by atoms with E-state index in [1.54, 1.807) is 7.11 Å². The summed E-state index contributed by atoms with van der Waals surface area (Å²) in [6.45, 7) is 11.0. The molecule has 1 N–H and O–H groups in total. The Morgan fingerprint density at radius 2 is 2.00 bits per heavy atom. The molecular weight excluding hydrogens is 190 g/mol. The van der Waals surface area contributed by atoms with Crippen molar-refractivity contribution in [2.24, 2.45) is 11.8 Å². The number of methoxy groups -OCH3 is 1. The third-order valence-corrected chi connectivity index (χ3v) is 2.28. The van der Waals surface area contributed by atoms with Gasteiger partial charge in [-0.3, -0.25) is 0 Å². The largest absolute Gasteiger partial charge is 0.383 e. The highest BCUT2D eigenvalue weighted by Crippen LogP contribution is 2.11. The van der Waals surface area contributed by atoms with Crippen molar-refractivity contribution >= 4 is 0 Å². The maximum Gasteiger partial charge on any atom is 0.0587 e. The molecule has 0 aromatic rings. The summed E-state index contributed by atoms with van der Waals surface area (Å²) >= 11 is 0. The monoisotopic (exact) mass is 217 g/mol. The lowest BCUT2D eigenvalue weighted by Crippen LogP contribution is -2.29. The number of nitrogens with one attached hydrogen (secondary N) is 1. The van der Waals surface area contributed by atoms with Gasteiger partial charge in [0.1, 0.15) is 0 Å². The second kappa shape index (κ2) is 10.4. The summed E-state index contributed by atoms with van der Waals surface area (Å²) in [7, 11) is 1.73. The van der Waals surface area contributed by atoms with Crippen LogP contribution in [0, 0.1) is 11.8 Å². The van der Waals surface area contributed by atoms with E-state index in [1.807, 2.05) is 6.92 Å². The van der Waals surface area contributed by atoms with Crippen LogP contribution in [0.5, 0.6) is 0 Å². The molecule has 0 radical (unpaired) electrons. The number of hydrogen-bond donors (Lipinski definition) is 1. The van der Waals surface area contributed by atoms with Crippen LogP contribution in [-0.4, -0.2) is 40.0 Å². The van der Waals surface area contributed by atoms with Gasteiger partial charge in [-0.05, 0) is 25.2 Å². The second-order valence-electron chi connectivity index (χ2n) is 4.35. The molecule has 0 aromatic heterocycles. The quantitative estimate of drug-likeness (QED) is 0.567. The lowest BCUT2D eigenvalue weighted by molar-refractivity contribution is 0.0999. The third kappa shape index (κ3) is 10.2. The van der Waals surface area contributed by atoms with Crippen molar-refractivity contribution < 1.29 is 9.47 Å². The summed E-state index contributed by atoms with van der Waals surface area (Å²) < 4.78 is 10.5. The van der Waals surface area contributed by atoms with Gasteiger partial charge in [-0.15, -0.1) is 0 Å². The van der Waals surface area contributed by atoms with E-state index in [2.05, 4.69) is 19.2 Å². The molecule has 3 heteroatoms. The van der Waals surface area contributed by atoms with Crippen LogP contribution in [0.4, 0.5) is 0 Å². The Morgan fingerprint density at radius 3 is 2.53 bits per heavy atom. The van der Waals surface area contributed by atoms with Gasteiger partial charge in [0.15, 0.2) is 0 Å². The van der Waals surface area contributed by atoms with Crippen molar-refractivity contribution in [2.45, 2.75) is 27.2 Å². The summed E-state index contributed by atoms with van der Waals surface area (Å²) in [4.78, 5) is 0. The SMILES string of the molecule is CCOCC(CNCCOC)CC(C)C. The third-order valence-electron chi connectivity index (χ3n) is 2.28. The molecule has 1 atom stereocenters. The Balaban J connectivity index is 3.59. The topological polar surface area (TPSA) is 30.5 Å². The average molecular weight is 217 g/mol. The average Bonchev–Trinajstić information content (AvgIpc) is 2.19. The smallest absolute Gasteiger partial charge is 0.0587 e. The van der Waals surface area contributed by atoms with Gasteiger partial charge in [0.25, 0.3) is 0 Å². The van der Waals surface area contributed by atoms with Gasteiger partial charge in [0.05, 0.1) is 13.2 Å². The zero-order valence-corrected chi connectivity index (χ0v) is 10.7. The Kier molecular flexibility index (Phi) is 10.3. The first kappa shape index (κ1) is 14.9. The van der Waals surface area contributed by atoms with Crippen LogP contribution in [0.15, 0.2) is 0 Å². The fraction of sp³-hybridized carbons (Fsp3) is 1.00. The molecule has 0 spiro atoms. The minimum absolute atomic E-state index is 0.627. The van der Waals surface area contributed by atoms with Gasteiger partial charge in [-0.2, -0.15) is 0 Å². The lowest BCUT2D eigenvalue weighted by atomic mass is 9.98. The van der Waals surface area contributed by atoms with Crippen LogP contribution in [0.1, 0.15) is 27.2 Å². The van der Waals surface area contributed by atoms with Gasteiger partial charge in [-0.25, -0.2) is 0 Å². The van der Waals surface area contributed by atoms with Crippen molar-refractivity contribution in [3.63, 3.8) is 0 Å². The highest BCUT2D eigenvalue weighted by Gasteiger charge is 2.10. The van der Waals surface area contributed by atoms with Crippen LogP contribution < -0.4 is 5.32 Å². The van der Waals surface area contributed by atoms with E-state index >= 15 is 0 Å². The summed E-state index contributed by atoms with van der Waals surface area (Å²) in [5.41, 5.74) is 0. The summed E-state index contributed by atoms with van der Waals surface area (Å²) in [5, 5.41) is 3.40. The molecule has 0 rings (SSSR count). The van der Waals surface area contributed by atoms with Crippen LogP contribution in [-0.2, 0) is 9.47 Å². The molecule has 0 aliphatic heterocycles. The van der Waals surface area contributed by atoms with Gasteiger partial charge >= 0.3 is 0 Å². The molecule has 1 unspecified atom stereocenters. The van der Waals surface area contributed by atoms with Crippen LogP contribution in [0.25, 0.3) is 0 Å². The minimum atomic E-state index is 0.627. The predicted molar refractivity (Wildman–Crippen MR) is 64.2 cm³/mol. The Labute approximate surface area is 94.5 Å². The molecule has 92 valence electrons. The van der Waals surface area contributed by atoms with Crippen molar-refractivity contribution in [3.05, 3.63) is 0 Å². The van der Waals surface area contributed by atoms with Gasteiger partial charge in [0, 0.05) is 26.8 Å². The zero-order chi connectivity index (χ0) is 11.5. The molecule has 15 heavy (non-hydrogen) atoms. The minimum Gasteiger partial charge on any atom is -0.383 e. The van der Waals surface area contributed by atoms with Crippen molar-refractivity contribution in [1.82, 2.24) is 5.32 Å². The molecule has 3 nitrogen and oxygen atoms in total. The van der Waals surface area contributed by atoms with E-state index in [-0.39, 0.29) is 0 Å². The molecule has 0 aromatic carbocycles. The van der Waals surface area contributed by atoms with Gasteiger partial charge in [-0.1, -0.05) is 13.8 Å². The Bertz CT molecular complexity index is 129. The highest BCUT2D eigenvalue weighted by molar-refractivity contribution is 4.64. The number of hydrogen-bond acceptors (Lipinski definition) is 3. The molecule has 0 aliphatic rings. The first-order valence-electron chi connectivity index (χ1n) is 5.98. The number of rotatable bonds is 10. The van der Waals surface area contributed by atoms with Crippen molar-refractivity contribution in [1.29, 1.82) is 0 Å². The molecular formula is C12H27NO2. The molecule has 0 heterocycles. The maximum atomic E-state index is 5.48. The van der Waals surface area contributed by atoms with E-state index in [0.29, 0.717) is 5.92 Å². The summed E-state index contributed by atoms with van der Waals surface area (Å²) in [5.74, 6) is 1.36. The molecule has 0 saturated carbocycles. The van der Waals surface area contributed by atoms with Crippen molar-refractivity contribution in [3.8, 4) is 0 Å². The zero-order valence-electron chi connectivity index (χ0n) is 10.7. The fourth-order valence-corrected chi connectivity index (χ4v) is 1.64. The summed E-state index contributed by atoms with van der Waals surface area (Å²) in [6, 6.07) is 0. The van der Waals surface area contributed by atoms with Gasteiger partial charge in [0.2, 0.25) is 0 Å². The second-order valence-corrected chi connectivity index (χ2v) is 4.35. The fourth-order valence-electron chi connectivity index (χ4n) is 1.64. The van der Waals surface area contributed by atoms with Crippen LogP contribution in [0.2, 0.25) is 0 Å². The van der Waals surface area contributed by atoms with Crippen LogP contribution in [0.3, 0.4) is 0 Å². The molecule has 0 amide bonds. The van der Waals surface area contributed by atoms with Crippen LogP contribution >= 0.6 is 0 Å². The van der Waals surface area contributed by atoms with E-state index in [0.717, 1.165) is 38.8 Å². The molecule has 0 aliphatic carbocycles. The Hall–Kier alpha value is -0.120. The molecule has 0 bridgehead atoms. The molecule has 0 saturated heterocycles. The predicted octanol–water partition coefficient (Wildman–Crippen LogP) is 1.92. The lowest BCUT2D eigenvalue weighted by Gasteiger charge is -2.19. The van der Waals surface area contributed by atoms with E-state index in [4.69, 9.17) is 9.47 Å². The number of ether oxygens (including phenoxy) is 2. The maximum absolute atomic E-state index is 5.48.